The van der Waals surface area contributed by atoms with Crippen LogP contribution in [-0.4, -0.2) is 21.0 Å². The third kappa shape index (κ3) is 3.45. The molecule has 4 N–H and O–H groups in total. The summed E-state index contributed by atoms with van der Waals surface area (Å²) in [5, 5.41) is 20.1. The third-order valence-electron chi connectivity index (χ3n) is 2.40. The number of nitrogen functional groups attached to an aromatic ring is 1. The molecule has 1 heterocycles. The molecular weight excluding hydrogens is 283 g/mol. The van der Waals surface area contributed by atoms with E-state index in [0.717, 1.165) is 18.2 Å². The summed E-state index contributed by atoms with van der Waals surface area (Å²) in [6.07, 6.45) is 0. The van der Waals surface area contributed by atoms with E-state index in [0.29, 0.717) is 0 Å². The fraction of sp³-hybridized carbons (Fsp3) is 0. The van der Waals surface area contributed by atoms with Crippen molar-refractivity contribution in [1.82, 2.24) is 10.2 Å². The monoisotopic (exact) mass is 292 g/mol. The highest BCUT2D eigenvalue weighted by atomic mass is 19.1. The number of carbonyl (C=O) groups is 1. The minimum atomic E-state index is -0.840. The molecule has 9 nitrogen and oxygen atoms in total. The number of rotatable bonds is 4. The summed E-state index contributed by atoms with van der Waals surface area (Å²) in [4.78, 5) is 21.7. The van der Waals surface area contributed by atoms with Gasteiger partial charge in [0.2, 0.25) is 0 Å². The molecular formula is C11H9FN6O3. The fourth-order valence-corrected chi connectivity index (χ4v) is 1.48. The number of anilines is 2. The molecule has 0 aliphatic heterocycles. The van der Waals surface area contributed by atoms with Gasteiger partial charge in [0, 0.05) is 6.07 Å². The summed E-state index contributed by atoms with van der Waals surface area (Å²) in [5.74, 6) is 3.83. The van der Waals surface area contributed by atoms with Crippen LogP contribution in [0.3, 0.4) is 0 Å². The lowest BCUT2D eigenvalue weighted by molar-refractivity contribution is -0.385. The van der Waals surface area contributed by atoms with Gasteiger partial charge in [-0.05, 0) is 18.2 Å². The Bertz CT molecular complexity index is 691. The van der Waals surface area contributed by atoms with Crippen molar-refractivity contribution in [2.75, 3.05) is 10.7 Å². The molecule has 0 radical (unpaired) electrons. The van der Waals surface area contributed by atoms with Crippen LogP contribution in [0, 0.1) is 15.9 Å². The van der Waals surface area contributed by atoms with Crippen molar-refractivity contribution in [3.8, 4) is 0 Å². The average Bonchev–Trinajstić information content (AvgIpc) is 2.46. The van der Waals surface area contributed by atoms with E-state index in [2.05, 4.69) is 20.9 Å². The van der Waals surface area contributed by atoms with Crippen LogP contribution in [0.5, 0.6) is 0 Å². The van der Waals surface area contributed by atoms with Crippen molar-refractivity contribution in [2.24, 2.45) is 5.84 Å². The van der Waals surface area contributed by atoms with Crippen molar-refractivity contribution >= 4 is 23.1 Å². The number of aromatic nitrogens is 2. The number of nitrogens with one attached hydrogen (secondary N) is 2. The lowest BCUT2D eigenvalue weighted by atomic mass is 10.2. The molecule has 0 saturated carbocycles. The lowest BCUT2D eigenvalue weighted by Gasteiger charge is -2.05. The van der Waals surface area contributed by atoms with Crippen molar-refractivity contribution in [3.05, 3.63) is 52.0 Å². The Morgan fingerprint density at radius 3 is 2.62 bits per heavy atom. The van der Waals surface area contributed by atoms with Crippen LogP contribution < -0.4 is 16.6 Å². The van der Waals surface area contributed by atoms with Crippen molar-refractivity contribution in [2.45, 2.75) is 0 Å². The highest BCUT2D eigenvalue weighted by Crippen LogP contribution is 2.20. The van der Waals surface area contributed by atoms with E-state index in [1.54, 1.807) is 0 Å². The molecule has 0 fully saturated rings. The minimum absolute atomic E-state index is 0.0547. The molecule has 108 valence electrons. The number of non-ortho nitro benzene ring substituents is 1. The Morgan fingerprint density at radius 2 is 2.05 bits per heavy atom. The zero-order chi connectivity index (χ0) is 15.4. The first-order valence-corrected chi connectivity index (χ1v) is 5.56. The number of carbonyl (C=O) groups excluding carboxylic acids is 1. The van der Waals surface area contributed by atoms with Crippen LogP contribution in [0.1, 0.15) is 10.5 Å². The van der Waals surface area contributed by atoms with Gasteiger partial charge < -0.3 is 10.7 Å². The maximum Gasteiger partial charge on any atom is 0.276 e. The Kier molecular flexibility index (Phi) is 4.00. The number of halogens is 1. The number of nitrogens with zero attached hydrogens (tertiary/aromatic N) is 3. The first-order chi connectivity index (χ1) is 9.99. The van der Waals surface area contributed by atoms with Gasteiger partial charge in [-0.2, -0.15) is 0 Å². The van der Waals surface area contributed by atoms with Gasteiger partial charge >= 0.3 is 0 Å². The fourth-order valence-electron chi connectivity index (χ4n) is 1.48. The van der Waals surface area contributed by atoms with Crippen LogP contribution in [0.4, 0.5) is 21.6 Å². The second-order valence-electron chi connectivity index (χ2n) is 3.86. The van der Waals surface area contributed by atoms with E-state index in [9.17, 15) is 19.3 Å². The van der Waals surface area contributed by atoms with Gasteiger partial charge in [0.25, 0.3) is 11.6 Å². The summed E-state index contributed by atoms with van der Waals surface area (Å²) < 4.78 is 13.2. The molecule has 1 aromatic carbocycles. The summed E-state index contributed by atoms with van der Waals surface area (Å²) >= 11 is 0. The Balaban J connectivity index is 2.20. The Hall–Kier alpha value is -3.14. The Labute approximate surface area is 117 Å². The van der Waals surface area contributed by atoms with Gasteiger partial charge in [-0.25, -0.2) is 10.2 Å². The molecule has 2 aromatic rings. The number of nitro groups is 1. The van der Waals surface area contributed by atoms with Crippen LogP contribution in [-0.2, 0) is 0 Å². The predicted octanol–water partition coefficient (Wildman–Crippen LogP) is 1.06. The standard InChI is InChI=1S/C11H9FN6O3/c12-6-3-7(5-8(4-6)18(20)21)14-11(19)9-1-2-10(15-13)17-16-9/h1-5H,13H2,(H,14,19)(H,15,17). The highest BCUT2D eigenvalue weighted by molar-refractivity contribution is 6.02. The molecule has 2 rings (SSSR count). The molecule has 1 amide bonds. The largest absolute Gasteiger partial charge is 0.320 e. The minimum Gasteiger partial charge on any atom is -0.320 e. The molecule has 21 heavy (non-hydrogen) atoms. The number of hydrogen-bond donors (Lipinski definition) is 3. The molecule has 0 saturated heterocycles. The van der Waals surface area contributed by atoms with Crippen LogP contribution >= 0.6 is 0 Å². The van der Waals surface area contributed by atoms with Gasteiger partial charge in [-0.1, -0.05) is 0 Å². The van der Waals surface area contributed by atoms with Gasteiger partial charge in [0.15, 0.2) is 11.5 Å². The van der Waals surface area contributed by atoms with E-state index < -0.39 is 22.3 Å². The number of benzene rings is 1. The summed E-state index contributed by atoms with van der Waals surface area (Å²) in [5.41, 5.74) is 1.65. The number of nitrogens with two attached hydrogens (primary N) is 1. The smallest absolute Gasteiger partial charge is 0.276 e. The number of amides is 1. The van der Waals surface area contributed by atoms with Gasteiger partial charge in [0.05, 0.1) is 16.7 Å². The second kappa shape index (κ2) is 5.88. The van der Waals surface area contributed by atoms with E-state index in [1.165, 1.54) is 12.1 Å². The zero-order valence-corrected chi connectivity index (χ0v) is 10.4. The number of nitro benzene ring substituents is 1. The van der Waals surface area contributed by atoms with Gasteiger partial charge in [-0.15, -0.1) is 10.2 Å². The molecule has 0 bridgehead atoms. The summed E-state index contributed by atoms with van der Waals surface area (Å²) in [7, 11) is 0. The zero-order valence-electron chi connectivity index (χ0n) is 10.4. The second-order valence-corrected chi connectivity index (χ2v) is 3.86. The first kappa shape index (κ1) is 14.3. The normalized spacial score (nSPS) is 10.0. The maximum atomic E-state index is 13.2. The first-order valence-electron chi connectivity index (χ1n) is 5.56. The SMILES string of the molecule is NNc1ccc(C(=O)Nc2cc(F)cc([N+](=O)[O-])c2)nn1. The number of hydrogen-bond acceptors (Lipinski definition) is 7. The predicted molar refractivity (Wildman–Crippen MR) is 70.8 cm³/mol. The summed E-state index contributed by atoms with van der Waals surface area (Å²) in [6, 6.07) is 5.48. The molecule has 0 atom stereocenters. The quantitative estimate of drug-likeness (QED) is 0.435. The molecule has 0 aliphatic carbocycles. The van der Waals surface area contributed by atoms with E-state index in [4.69, 9.17) is 5.84 Å². The third-order valence-corrected chi connectivity index (χ3v) is 2.40. The van der Waals surface area contributed by atoms with Crippen LogP contribution in [0.25, 0.3) is 0 Å². The Morgan fingerprint density at radius 1 is 1.29 bits per heavy atom. The molecule has 10 heteroatoms. The van der Waals surface area contributed by atoms with Crippen LogP contribution in [0.15, 0.2) is 30.3 Å². The topological polar surface area (TPSA) is 136 Å². The van der Waals surface area contributed by atoms with E-state index >= 15 is 0 Å². The number of hydrazine groups is 1. The van der Waals surface area contributed by atoms with Gasteiger partial charge in [-0.3, -0.25) is 14.9 Å². The van der Waals surface area contributed by atoms with Crippen molar-refractivity contribution < 1.29 is 14.1 Å². The highest BCUT2D eigenvalue weighted by Gasteiger charge is 2.13. The maximum absolute atomic E-state index is 13.2. The van der Waals surface area contributed by atoms with E-state index in [1.807, 2.05) is 0 Å². The van der Waals surface area contributed by atoms with Crippen LogP contribution in [0.2, 0.25) is 0 Å². The summed E-state index contributed by atoms with van der Waals surface area (Å²) in [6.45, 7) is 0. The van der Waals surface area contributed by atoms with Gasteiger partial charge in [0.1, 0.15) is 5.82 Å². The van der Waals surface area contributed by atoms with Crippen molar-refractivity contribution in [1.29, 1.82) is 0 Å². The molecule has 0 spiro atoms. The molecule has 0 unspecified atom stereocenters. The average molecular weight is 292 g/mol. The van der Waals surface area contributed by atoms with Crippen molar-refractivity contribution in [3.63, 3.8) is 0 Å². The molecule has 1 aromatic heterocycles. The van der Waals surface area contributed by atoms with E-state index in [-0.39, 0.29) is 17.2 Å². The molecule has 0 aliphatic rings. The lowest BCUT2D eigenvalue weighted by Crippen LogP contribution is -2.16.